The fourth-order valence-electron chi connectivity index (χ4n) is 1.15. The van der Waals surface area contributed by atoms with Crippen LogP contribution in [0.15, 0.2) is 18.2 Å². The predicted octanol–water partition coefficient (Wildman–Crippen LogP) is 0.923. The fourth-order valence-corrected chi connectivity index (χ4v) is 1.43. The van der Waals surface area contributed by atoms with Gasteiger partial charge in [0.15, 0.2) is 0 Å². The Bertz CT molecular complexity index is 355. The Morgan fingerprint density at radius 1 is 1.60 bits per heavy atom. The number of benzene rings is 1. The zero-order valence-corrected chi connectivity index (χ0v) is 9.17. The van der Waals surface area contributed by atoms with Crippen LogP contribution in [0.3, 0.4) is 0 Å². The summed E-state index contributed by atoms with van der Waals surface area (Å²) in [6.07, 6.45) is 0. The highest BCUT2D eigenvalue weighted by Gasteiger charge is 2.01. The number of amides is 1. The highest BCUT2D eigenvalue weighted by Crippen LogP contribution is 2.24. The summed E-state index contributed by atoms with van der Waals surface area (Å²) in [5, 5.41) is 3.44. The first-order chi connectivity index (χ1) is 7.13. The first kappa shape index (κ1) is 11.8. The molecule has 0 atom stereocenters. The van der Waals surface area contributed by atoms with Crippen LogP contribution in [-0.4, -0.2) is 19.6 Å². The minimum Gasteiger partial charge on any atom is -0.495 e. The standard InChI is InChI=1S/C10H13ClN2O2/c1-15-9-3-2-7(4-8(9)11)5-13-6-10(12)14/h2-4,13H,5-6H2,1H3,(H2,12,14). The summed E-state index contributed by atoms with van der Waals surface area (Å²) >= 11 is 5.93. The molecular weight excluding hydrogens is 216 g/mol. The predicted molar refractivity (Wildman–Crippen MR) is 58.9 cm³/mol. The van der Waals surface area contributed by atoms with Crippen molar-refractivity contribution >= 4 is 17.5 Å². The fraction of sp³-hybridized carbons (Fsp3) is 0.300. The van der Waals surface area contributed by atoms with Gasteiger partial charge in [-0.15, -0.1) is 0 Å². The first-order valence-corrected chi connectivity index (χ1v) is 4.82. The van der Waals surface area contributed by atoms with Crippen molar-refractivity contribution in [3.05, 3.63) is 28.8 Å². The maximum Gasteiger partial charge on any atom is 0.231 e. The van der Waals surface area contributed by atoms with Crippen LogP contribution in [-0.2, 0) is 11.3 Å². The maximum absolute atomic E-state index is 10.5. The molecule has 0 bridgehead atoms. The number of methoxy groups -OCH3 is 1. The number of hydrogen-bond acceptors (Lipinski definition) is 3. The Balaban J connectivity index is 2.55. The van der Waals surface area contributed by atoms with E-state index in [4.69, 9.17) is 22.1 Å². The molecule has 1 amide bonds. The van der Waals surface area contributed by atoms with Gasteiger partial charge < -0.3 is 15.8 Å². The Labute approximate surface area is 93.4 Å². The van der Waals surface area contributed by atoms with Crippen LogP contribution in [0.4, 0.5) is 0 Å². The van der Waals surface area contributed by atoms with Gasteiger partial charge in [0, 0.05) is 6.54 Å². The first-order valence-electron chi connectivity index (χ1n) is 4.45. The van der Waals surface area contributed by atoms with Gasteiger partial charge in [0.25, 0.3) is 0 Å². The molecule has 0 unspecified atom stereocenters. The number of carbonyl (C=O) groups excluding carboxylic acids is 1. The molecule has 3 N–H and O–H groups in total. The minimum atomic E-state index is -0.380. The molecule has 0 heterocycles. The lowest BCUT2D eigenvalue weighted by Crippen LogP contribution is -2.28. The molecule has 1 aromatic rings. The van der Waals surface area contributed by atoms with E-state index < -0.39 is 0 Å². The van der Waals surface area contributed by atoms with Crippen molar-refractivity contribution in [2.24, 2.45) is 5.73 Å². The molecule has 0 saturated carbocycles. The van der Waals surface area contributed by atoms with E-state index in [0.717, 1.165) is 5.56 Å². The lowest BCUT2D eigenvalue weighted by molar-refractivity contribution is -0.117. The van der Waals surface area contributed by atoms with Crippen molar-refractivity contribution in [2.45, 2.75) is 6.54 Å². The minimum absolute atomic E-state index is 0.156. The van der Waals surface area contributed by atoms with Crippen molar-refractivity contribution in [1.29, 1.82) is 0 Å². The van der Waals surface area contributed by atoms with E-state index in [0.29, 0.717) is 17.3 Å². The largest absolute Gasteiger partial charge is 0.495 e. The number of rotatable bonds is 5. The van der Waals surface area contributed by atoms with Gasteiger partial charge in [-0.25, -0.2) is 0 Å². The molecule has 1 rings (SSSR count). The van der Waals surface area contributed by atoms with Gasteiger partial charge in [-0.1, -0.05) is 17.7 Å². The van der Waals surface area contributed by atoms with E-state index in [2.05, 4.69) is 5.32 Å². The highest BCUT2D eigenvalue weighted by atomic mass is 35.5. The molecule has 0 spiro atoms. The molecule has 0 aliphatic heterocycles. The third kappa shape index (κ3) is 3.77. The quantitative estimate of drug-likeness (QED) is 0.788. The van der Waals surface area contributed by atoms with Crippen molar-refractivity contribution in [1.82, 2.24) is 5.32 Å². The summed E-state index contributed by atoms with van der Waals surface area (Å²) in [6.45, 7) is 0.705. The van der Waals surface area contributed by atoms with Crippen LogP contribution in [0.5, 0.6) is 5.75 Å². The van der Waals surface area contributed by atoms with Crippen LogP contribution in [0.25, 0.3) is 0 Å². The van der Waals surface area contributed by atoms with Crippen LogP contribution in [0, 0.1) is 0 Å². The second-order valence-corrected chi connectivity index (χ2v) is 3.45. The second kappa shape index (κ2) is 5.58. The Hall–Kier alpha value is -1.26. The molecule has 82 valence electrons. The maximum atomic E-state index is 10.5. The Kier molecular flexibility index (Phi) is 4.39. The van der Waals surface area contributed by atoms with E-state index in [1.54, 1.807) is 19.2 Å². The molecule has 0 aliphatic rings. The molecule has 0 saturated heterocycles. The SMILES string of the molecule is COc1ccc(CNCC(N)=O)cc1Cl. The Morgan fingerprint density at radius 2 is 2.33 bits per heavy atom. The topological polar surface area (TPSA) is 64.3 Å². The zero-order chi connectivity index (χ0) is 11.3. The highest BCUT2D eigenvalue weighted by molar-refractivity contribution is 6.32. The molecule has 5 heteroatoms. The summed E-state index contributed by atoms with van der Waals surface area (Å²) in [7, 11) is 1.56. The molecule has 0 aliphatic carbocycles. The van der Waals surface area contributed by atoms with Crippen molar-refractivity contribution in [3.63, 3.8) is 0 Å². The van der Waals surface area contributed by atoms with Gasteiger partial charge in [-0.2, -0.15) is 0 Å². The number of nitrogens with two attached hydrogens (primary N) is 1. The molecule has 0 aromatic heterocycles. The monoisotopic (exact) mass is 228 g/mol. The van der Waals surface area contributed by atoms with Crippen LogP contribution in [0.2, 0.25) is 5.02 Å². The molecule has 15 heavy (non-hydrogen) atoms. The van der Waals surface area contributed by atoms with Crippen LogP contribution >= 0.6 is 11.6 Å². The van der Waals surface area contributed by atoms with Gasteiger partial charge in [-0.05, 0) is 17.7 Å². The average Bonchev–Trinajstić information content (AvgIpc) is 2.17. The van der Waals surface area contributed by atoms with Gasteiger partial charge in [0.05, 0.1) is 18.7 Å². The summed E-state index contributed by atoms with van der Waals surface area (Å²) in [5.74, 6) is 0.255. The van der Waals surface area contributed by atoms with Crippen molar-refractivity contribution < 1.29 is 9.53 Å². The second-order valence-electron chi connectivity index (χ2n) is 3.04. The van der Waals surface area contributed by atoms with E-state index in [1.807, 2.05) is 6.07 Å². The summed E-state index contributed by atoms with van der Waals surface area (Å²) in [5.41, 5.74) is 5.96. The number of carbonyl (C=O) groups is 1. The normalized spacial score (nSPS) is 10.0. The smallest absolute Gasteiger partial charge is 0.231 e. The number of primary amides is 1. The zero-order valence-electron chi connectivity index (χ0n) is 8.42. The van der Waals surface area contributed by atoms with Crippen LogP contribution < -0.4 is 15.8 Å². The van der Waals surface area contributed by atoms with Crippen molar-refractivity contribution in [2.75, 3.05) is 13.7 Å². The molecule has 1 aromatic carbocycles. The van der Waals surface area contributed by atoms with E-state index in [9.17, 15) is 4.79 Å². The van der Waals surface area contributed by atoms with Crippen LogP contribution in [0.1, 0.15) is 5.56 Å². The summed E-state index contributed by atoms with van der Waals surface area (Å²) < 4.78 is 5.02. The number of hydrogen-bond donors (Lipinski definition) is 2. The van der Waals surface area contributed by atoms with E-state index in [-0.39, 0.29) is 12.5 Å². The average molecular weight is 229 g/mol. The summed E-state index contributed by atoms with van der Waals surface area (Å²) in [4.78, 5) is 10.5. The number of nitrogens with one attached hydrogen (secondary N) is 1. The van der Waals surface area contributed by atoms with Crippen molar-refractivity contribution in [3.8, 4) is 5.75 Å². The molecule has 4 nitrogen and oxygen atoms in total. The lowest BCUT2D eigenvalue weighted by atomic mass is 10.2. The number of ether oxygens (including phenoxy) is 1. The van der Waals surface area contributed by atoms with Gasteiger partial charge in [0.1, 0.15) is 5.75 Å². The van der Waals surface area contributed by atoms with Gasteiger partial charge in [0.2, 0.25) is 5.91 Å². The van der Waals surface area contributed by atoms with E-state index >= 15 is 0 Å². The lowest BCUT2D eigenvalue weighted by Gasteiger charge is -2.06. The molecule has 0 radical (unpaired) electrons. The van der Waals surface area contributed by atoms with E-state index in [1.165, 1.54) is 0 Å². The van der Waals surface area contributed by atoms with Gasteiger partial charge in [-0.3, -0.25) is 4.79 Å². The third-order valence-corrected chi connectivity index (χ3v) is 2.14. The Morgan fingerprint density at radius 3 is 2.87 bits per heavy atom. The third-order valence-electron chi connectivity index (χ3n) is 1.84. The molecule has 0 fully saturated rings. The summed E-state index contributed by atoms with van der Waals surface area (Å²) in [6, 6.07) is 5.44. The molecular formula is C10H13ClN2O2. The number of halogens is 1. The van der Waals surface area contributed by atoms with Gasteiger partial charge >= 0.3 is 0 Å².